The minimum atomic E-state index is 0.501. The number of nitrogens with two attached hydrogens (primary N) is 1. The van der Waals surface area contributed by atoms with Crippen molar-refractivity contribution >= 4 is 21.4 Å². The molecule has 0 aliphatic rings. The van der Waals surface area contributed by atoms with Crippen molar-refractivity contribution < 1.29 is 0 Å². The molecule has 1 aromatic carbocycles. The molecule has 3 aromatic rings. The second-order valence-corrected chi connectivity index (χ2v) is 4.94. The molecule has 0 aliphatic heterocycles. The molecule has 3 rings (SSSR count). The molecule has 3 nitrogen and oxygen atoms in total. The third-order valence-electron chi connectivity index (χ3n) is 3.05. The van der Waals surface area contributed by atoms with Gasteiger partial charge in [0.15, 0.2) is 0 Å². The molecule has 0 saturated heterocycles. The molecule has 0 fully saturated rings. The van der Waals surface area contributed by atoms with E-state index < -0.39 is 0 Å². The SMILES string of the molecule is Cc1c(-c2csc3ccccc23)n[nH]c1CN. The predicted octanol–water partition coefficient (Wildman–Crippen LogP) is 3.06. The molecule has 0 unspecified atom stereocenters. The summed E-state index contributed by atoms with van der Waals surface area (Å²) in [5.74, 6) is 0. The van der Waals surface area contributed by atoms with E-state index in [1.54, 1.807) is 11.3 Å². The minimum absolute atomic E-state index is 0.501. The highest BCUT2D eigenvalue weighted by atomic mass is 32.1. The van der Waals surface area contributed by atoms with Gasteiger partial charge in [-0.05, 0) is 18.6 Å². The second kappa shape index (κ2) is 3.98. The van der Waals surface area contributed by atoms with Crippen molar-refractivity contribution in [1.82, 2.24) is 10.2 Å². The van der Waals surface area contributed by atoms with E-state index in [9.17, 15) is 0 Å². The van der Waals surface area contributed by atoms with Crippen LogP contribution in [0.1, 0.15) is 11.3 Å². The number of hydrogen-bond donors (Lipinski definition) is 2. The first-order valence-corrected chi connectivity index (χ1v) is 6.39. The number of fused-ring (bicyclic) bond motifs is 1. The molecule has 0 atom stereocenters. The standard InChI is InChI=1S/C13H13N3S/c1-8-11(6-14)15-16-13(8)10-7-17-12-5-3-2-4-9(10)12/h2-5,7H,6,14H2,1H3,(H,15,16). The molecule has 2 aromatic heterocycles. The highest BCUT2D eigenvalue weighted by Gasteiger charge is 2.13. The summed E-state index contributed by atoms with van der Waals surface area (Å²) in [6, 6.07) is 8.39. The predicted molar refractivity (Wildman–Crippen MR) is 72.0 cm³/mol. The molecular weight excluding hydrogens is 230 g/mol. The van der Waals surface area contributed by atoms with Gasteiger partial charge in [0, 0.05) is 27.6 Å². The normalized spacial score (nSPS) is 11.2. The summed E-state index contributed by atoms with van der Waals surface area (Å²) < 4.78 is 1.29. The van der Waals surface area contributed by atoms with Gasteiger partial charge < -0.3 is 5.73 Å². The van der Waals surface area contributed by atoms with Crippen LogP contribution < -0.4 is 5.73 Å². The summed E-state index contributed by atoms with van der Waals surface area (Å²) in [7, 11) is 0. The second-order valence-electron chi connectivity index (χ2n) is 4.03. The van der Waals surface area contributed by atoms with E-state index in [0.29, 0.717) is 6.54 Å². The van der Waals surface area contributed by atoms with Crippen LogP contribution in [0.3, 0.4) is 0 Å². The zero-order valence-electron chi connectivity index (χ0n) is 9.53. The van der Waals surface area contributed by atoms with E-state index in [2.05, 4.69) is 46.8 Å². The topological polar surface area (TPSA) is 54.7 Å². The smallest absolute Gasteiger partial charge is 0.0967 e. The van der Waals surface area contributed by atoms with Crippen LogP contribution in [0.4, 0.5) is 0 Å². The monoisotopic (exact) mass is 243 g/mol. The maximum absolute atomic E-state index is 5.66. The number of aromatic nitrogens is 2. The highest BCUT2D eigenvalue weighted by Crippen LogP contribution is 2.34. The lowest BCUT2D eigenvalue weighted by Gasteiger charge is -1.97. The summed E-state index contributed by atoms with van der Waals surface area (Å²) in [6.45, 7) is 2.56. The molecule has 3 N–H and O–H groups in total. The minimum Gasteiger partial charge on any atom is -0.325 e. The van der Waals surface area contributed by atoms with Crippen molar-refractivity contribution in [2.24, 2.45) is 5.73 Å². The lowest BCUT2D eigenvalue weighted by atomic mass is 10.1. The van der Waals surface area contributed by atoms with E-state index in [4.69, 9.17) is 5.73 Å². The van der Waals surface area contributed by atoms with Crippen molar-refractivity contribution in [3.63, 3.8) is 0 Å². The van der Waals surface area contributed by atoms with Gasteiger partial charge in [-0.25, -0.2) is 0 Å². The van der Waals surface area contributed by atoms with E-state index in [1.807, 2.05) is 0 Å². The van der Waals surface area contributed by atoms with Gasteiger partial charge in [0.25, 0.3) is 0 Å². The lowest BCUT2D eigenvalue weighted by Crippen LogP contribution is -1.98. The summed E-state index contributed by atoms with van der Waals surface area (Å²) in [5.41, 5.74) is 10.0. The van der Waals surface area contributed by atoms with Crippen LogP contribution in [-0.4, -0.2) is 10.2 Å². The van der Waals surface area contributed by atoms with Gasteiger partial charge in [0.1, 0.15) is 0 Å². The van der Waals surface area contributed by atoms with Crippen LogP contribution in [0.2, 0.25) is 0 Å². The Morgan fingerprint density at radius 2 is 2.18 bits per heavy atom. The van der Waals surface area contributed by atoms with Gasteiger partial charge in [-0.1, -0.05) is 18.2 Å². The third-order valence-corrected chi connectivity index (χ3v) is 4.01. The first-order valence-electron chi connectivity index (χ1n) is 5.51. The number of H-pyrrole nitrogens is 1. The lowest BCUT2D eigenvalue weighted by molar-refractivity contribution is 0.941. The molecule has 0 radical (unpaired) electrons. The number of hydrogen-bond acceptors (Lipinski definition) is 3. The van der Waals surface area contributed by atoms with Gasteiger partial charge in [0.2, 0.25) is 0 Å². The van der Waals surface area contributed by atoms with Crippen molar-refractivity contribution in [2.75, 3.05) is 0 Å². The van der Waals surface area contributed by atoms with Gasteiger partial charge in [-0.3, -0.25) is 5.10 Å². The van der Waals surface area contributed by atoms with Gasteiger partial charge in [-0.2, -0.15) is 5.10 Å². The van der Waals surface area contributed by atoms with Gasteiger partial charge in [0.05, 0.1) is 11.4 Å². The fourth-order valence-electron chi connectivity index (χ4n) is 2.06. The Morgan fingerprint density at radius 1 is 1.35 bits per heavy atom. The number of nitrogens with one attached hydrogen (secondary N) is 1. The molecule has 0 bridgehead atoms. The van der Waals surface area contributed by atoms with Crippen LogP contribution in [0.5, 0.6) is 0 Å². The van der Waals surface area contributed by atoms with Crippen LogP contribution in [0.25, 0.3) is 21.3 Å². The molecule has 0 amide bonds. The maximum Gasteiger partial charge on any atom is 0.0967 e. The highest BCUT2D eigenvalue weighted by molar-refractivity contribution is 7.17. The van der Waals surface area contributed by atoms with Crippen LogP contribution in [-0.2, 0) is 6.54 Å². The van der Waals surface area contributed by atoms with Gasteiger partial charge in [-0.15, -0.1) is 11.3 Å². The summed E-state index contributed by atoms with van der Waals surface area (Å²) in [6.07, 6.45) is 0. The van der Waals surface area contributed by atoms with E-state index in [0.717, 1.165) is 17.0 Å². The fourth-order valence-corrected chi connectivity index (χ4v) is 3.00. The fraction of sp³-hybridized carbons (Fsp3) is 0.154. The molecule has 0 spiro atoms. The molecule has 86 valence electrons. The van der Waals surface area contributed by atoms with Crippen LogP contribution in [0.15, 0.2) is 29.6 Å². The molecule has 0 aliphatic carbocycles. The average molecular weight is 243 g/mol. The Morgan fingerprint density at radius 3 is 2.94 bits per heavy atom. The molecule has 0 saturated carbocycles. The number of rotatable bonds is 2. The number of benzene rings is 1. The van der Waals surface area contributed by atoms with E-state index >= 15 is 0 Å². The summed E-state index contributed by atoms with van der Waals surface area (Å²) in [5, 5.41) is 10.8. The Kier molecular flexibility index (Phi) is 2.46. The first-order chi connectivity index (χ1) is 8.31. The molecule has 2 heterocycles. The molecular formula is C13H13N3S. The third kappa shape index (κ3) is 1.57. The number of nitrogens with zero attached hydrogens (tertiary/aromatic N) is 1. The Hall–Kier alpha value is -1.65. The summed E-state index contributed by atoms with van der Waals surface area (Å²) in [4.78, 5) is 0. The summed E-state index contributed by atoms with van der Waals surface area (Å²) >= 11 is 1.75. The van der Waals surface area contributed by atoms with Crippen LogP contribution >= 0.6 is 11.3 Å². The maximum atomic E-state index is 5.66. The van der Waals surface area contributed by atoms with Crippen molar-refractivity contribution in [3.8, 4) is 11.3 Å². The van der Waals surface area contributed by atoms with E-state index in [1.165, 1.54) is 15.6 Å². The van der Waals surface area contributed by atoms with Crippen molar-refractivity contribution in [2.45, 2.75) is 13.5 Å². The Balaban J connectivity index is 2.24. The largest absolute Gasteiger partial charge is 0.325 e. The quantitative estimate of drug-likeness (QED) is 0.726. The van der Waals surface area contributed by atoms with Gasteiger partial charge >= 0.3 is 0 Å². The number of thiophene rings is 1. The van der Waals surface area contributed by atoms with E-state index in [-0.39, 0.29) is 0 Å². The molecule has 4 heteroatoms. The zero-order chi connectivity index (χ0) is 11.8. The van der Waals surface area contributed by atoms with Crippen LogP contribution in [0, 0.1) is 6.92 Å². The first kappa shape index (κ1) is 10.5. The number of aromatic amines is 1. The van der Waals surface area contributed by atoms with Crippen molar-refractivity contribution in [3.05, 3.63) is 40.9 Å². The Labute approximate surface area is 103 Å². The van der Waals surface area contributed by atoms with Crippen molar-refractivity contribution in [1.29, 1.82) is 0 Å². The molecule has 17 heavy (non-hydrogen) atoms. The average Bonchev–Trinajstić information content (AvgIpc) is 2.92. The zero-order valence-corrected chi connectivity index (χ0v) is 10.3. The Bertz CT molecular complexity index is 666.